The quantitative estimate of drug-likeness (QED) is 0.822. The van der Waals surface area contributed by atoms with Gasteiger partial charge < -0.3 is 15.3 Å². The first-order valence-electron chi connectivity index (χ1n) is 6.00. The number of hydrogen-bond acceptors (Lipinski definition) is 3. The van der Waals surface area contributed by atoms with Gasteiger partial charge in [0.1, 0.15) is 0 Å². The van der Waals surface area contributed by atoms with Crippen molar-refractivity contribution >= 4 is 11.6 Å². The number of piperazine rings is 1. The van der Waals surface area contributed by atoms with Gasteiger partial charge in [-0.15, -0.1) is 0 Å². The fourth-order valence-electron chi connectivity index (χ4n) is 2.00. The van der Waals surface area contributed by atoms with Gasteiger partial charge in [-0.05, 0) is 24.1 Å². The lowest BCUT2D eigenvalue weighted by atomic mass is 10.1. The van der Waals surface area contributed by atoms with Crippen LogP contribution in [-0.4, -0.2) is 30.6 Å². The number of amides is 1. The van der Waals surface area contributed by atoms with Crippen molar-refractivity contribution < 1.29 is 9.90 Å². The molecule has 17 heavy (non-hydrogen) atoms. The van der Waals surface area contributed by atoms with Crippen molar-refractivity contribution in [1.82, 2.24) is 5.32 Å². The average Bonchev–Trinajstić information content (AvgIpc) is 2.38. The van der Waals surface area contributed by atoms with Crippen molar-refractivity contribution in [3.8, 4) is 0 Å². The van der Waals surface area contributed by atoms with Crippen molar-refractivity contribution in [2.75, 3.05) is 24.5 Å². The van der Waals surface area contributed by atoms with E-state index in [1.165, 1.54) is 0 Å². The summed E-state index contributed by atoms with van der Waals surface area (Å²) in [5.74, 6) is 0.0638. The maximum absolute atomic E-state index is 11.3. The van der Waals surface area contributed by atoms with Crippen LogP contribution in [0.4, 0.5) is 5.69 Å². The van der Waals surface area contributed by atoms with E-state index in [9.17, 15) is 9.90 Å². The summed E-state index contributed by atoms with van der Waals surface area (Å²) in [5.41, 5.74) is 1.96. The predicted molar refractivity (Wildman–Crippen MR) is 66.9 cm³/mol. The summed E-state index contributed by atoms with van der Waals surface area (Å²) in [6, 6.07) is 7.78. The molecule has 0 radical (unpaired) electrons. The molecule has 0 bridgehead atoms. The molecule has 4 nitrogen and oxygen atoms in total. The van der Waals surface area contributed by atoms with Gasteiger partial charge in [-0.1, -0.05) is 19.1 Å². The average molecular weight is 234 g/mol. The van der Waals surface area contributed by atoms with Gasteiger partial charge in [-0.2, -0.15) is 0 Å². The first-order chi connectivity index (χ1) is 8.20. The van der Waals surface area contributed by atoms with Crippen LogP contribution in [0.3, 0.4) is 0 Å². The smallest absolute Gasteiger partial charge is 0.239 e. The lowest BCUT2D eigenvalue weighted by Crippen LogP contribution is -2.47. The first kappa shape index (κ1) is 11.9. The number of hydrogen-bond donors (Lipinski definition) is 2. The monoisotopic (exact) mass is 234 g/mol. The second-order valence-corrected chi connectivity index (χ2v) is 4.29. The Balaban J connectivity index is 2.09. The topological polar surface area (TPSA) is 52.6 Å². The fourth-order valence-corrected chi connectivity index (χ4v) is 2.00. The molecule has 0 aliphatic carbocycles. The standard InChI is InChI=1S/C13H18N2O2/c1-2-12(16)10-3-5-11(6-4-10)15-8-7-14-13(17)9-15/h3-6,12,16H,2,7-9H2,1H3,(H,14,17)/t12-/m0/s1. The lowest BCUT2D eigenvalue weighted by Gasteiger charge is -2.28. The van der Waals surface area contributed by atoms with E-state index in [-0.39, 0.29) is 5.91 Å². The number of aliphatic hydroxyl groups is 1. The van der Waals surface area contributed by atoms with Gasteiger partial charge in [0.05, 0.1) is 12.6 Å². The van der Waals surface area contributed by atoms with Gasteiger partial charge in [0.25, 0.3) is 0 Å². The van der Waals surface area contributed by atoms with E-state index in [0.29, 0.717) is 19.5 Å². The fraction of sp³-hybridized carbons (Fsp3) is 0.462. The Morgan fingerprint density at radius 2 is 2.12 bits per heavy atom. The van der Waals surface area contributed by atoms with Crippen molar-refractivity contribution in [3.05, 3.63) is 29.8 Å². The molecule has 1 fully saturated rings. The molecule has 0 spiro atoms. The Labute approximate surface area is 101 Å². The minimum absolute atomic E-state index is 0.0638. The molecule has 4 heteroatoms. The molecule has 1 heterocycles. The molecule has 0 unspecified atom stereocenters. The van der Waals surface area contributed by atoms with Crippen molar-refractivity contribution in [2.45, 2.75) is 19.4 Å². The van der Waals surface area contributed by atoms with Gasteiger partial charge in [-0.3, -0.25) is 4.79 Å². The second kappa shape index (κ2) is 5.19. The van der Waals surface area contributed by atoms with Crippen LogP contribution >= 0.6 is 0 Å². The van der Waals surface area contributed by atoms with E-state index >= 15 is 0 Å². The lowest BCUT2D eigenvalue weighted by molar-refractivity contribution is -0.120. The summed E-state index contributed by atoms with van der Waals surface area (Å²) in [7, 11) is 0. The number of anilines is 1. The highest BCUT2D eigenvalue weighted by atomic mass is 16.3. The van der Waals surface area contributed by atoms with Crippen molar-refractivity contribution in [3.63, 3.8) is 0 Å². The zero-order valence-electron chi connectivity index (χ0n) is 10.0. The molecule has 1 amide bonds. The number of nitrogens with one attached hydrogen (secondary N) is 1. The van der Waals surface area contributed by atoms with Gasteiger partial charge >= 0.3 is 0 Å². The zero-order valence-corrected chi connectivity index (χ0v) is 10.0. The molecule has 1 saturated heterocycles. The number of carbonyl (C=O) groups excluding carboxylic acids is 1. The largest absolute Gasteiger partial charge is 0.388 e. The number of rotatable bonds is 3. The van der Waals surface area contributed by atoms with Crippen LogP contribution in [0.1, 0.15) is 25.0 Å². The van der Waals surface area contributed by atoms with Crippen LogP contribution in [0.25, 0.3) is 0 Å². The van der Waals surface area contributed by atoms with Crippen LogP contribution in [0.15, 0.2) is 24.3 Å². The van der Waals surface area contributed by atoms with Crippen LogP contribution in [0, 0.1) is 0 Å². The Morgan fingerprint density at radius 3 is 2.71 bits per heavy atom. The Hall–Kier alpha value is -1.55. The van der Waals surface area contributed by atoms with Gasteiger partial charge in [0.2, 0.25) is 5.91 Å². The summed E-state index contributed by atoms with van der Waals surface area (Å²) in [6.07, 6.45) is 0.319. The van der Waals surface area contributed by atoms with Crippen LogP contribution < -0.4 is 10.2 Å². The van der Waals surface area contributed by atoms with E-state index in [4.69, 9.17) is 0 Å². The second-order valence-electron chi connectivity index (χ2n) is 4.29. The predicted octanol–water partition coefficient (Wildman–Crippen LogP) is 1.07. The minimum Gasteiger partial charge on any atom is -0.388 e. The summed E-state index contributed by atoms with van der Waals surface area (Å²) < 4.78 is 0. The number of aliphatic hydroxyl groups excluding tert-OH is 1. The van der Waals surface area contributed by atoms with Crippen molar-refractivity contribution in [2.24, 2.45) is 0 Å². The third-order valence-electron chi connectivity index (χ3n) is 3.07. The number of benzene rings is 1. The summed E-state index contributed by atoms with van der Waals surface area (Å²) in [6.45, 7) is 3.89. The molecule has 1 atom stereocenters. The highest BCUT2D eigenvalue weighted by Gasteiger charge is 2.16. The number of nitrogens with zero attached hydrogens (tertiary/aromatic N) is 1. The molecule has 1 aromatic carbocycles. The maximum atomic E-state index is 11.3. The maximum Gasteiger partial charge on any atom is 0.239 e. The third-order valence-corrected chi connectivity index (χ3v) is 3.07. The van der Waals surface area contributed by atoms with E-state index in [0.717, 1.165) is 17.8 Å². The van der Waals surface area contributed by atoms with E-state index < -0.39 is 6.10 Å². The van der Waals surface area contributed by atoms with Gasteiger partial charge in [0.15, 0.2) is 0 Å². The molecule has 0 saturated carbocycles. The molecule has 2 rings (SSSR count). The zero-order chi connectivity index (χ0) is 12.3. The molecule has 1 aliphatic rings. The van der Waals surface area contributed by atoms with Gasteiger partial charge in [-0.25, -0.2) is 0 Å². The molecule has 1 aromatic rings. The molecular formula is C13H18N2O2. The summed E-state index contributed by atoms with van der Waals surface area (Å²) in [5, 5.41) is 12.5. The molecular weight excluding hydrogens is 216 g/mol. The highest BCUT2D eigenvalue weighted by molar-refractivity contribution is 5.82. The summed E-state index contributed by atoms with van der Waals surface area (Å²) >= 11 is 0. The molecule has 2 N–H and O–H groups in total. The Bertz CT molecular complexity index is 389. The molecule has 92 valence electrons. The molecule has 1 aliphatic heterocycles. The Morgan fingerprint density at radius 1 is 1.41 bits per heavy atom. The molecule has 0 aromatic heterocycles. The van der Waals surface area contributed by atoms with E-state index in [1.54, 1.807) is 0 Å². The third kappa shape index (κ3) is 2.77. The van der Waals surface area contributed by atoms with Gasteiger partial charge in [0, 0.05) is 18.8 Å². The van der Waals surface area contributed by atoms with E-state index in [1.807, 2.05) is 36.1 Å². The van der Waals surface area contributed by atoms with Crippen LogP contribution in [0.5, 0.6) is 0 Å². The number of carbonyl (C=O) groups is 1. The highest BCUT2D eigenvalue weighted by Crippen LogP contribution is 2.21. The van der Waals surface area contributed by atoms with Crippen LogP contribution in [-0.2, 0) is 4.79 Å². The normalized spacial score (nSPS) is 17.8. The summed E-state index contributed by atoms with van der Waals surface area (Å²) in [4.78, 5) is 13.3. The Kier molecular flexibility index (Phi) is 3.64. The first-order valence-corrected chi connectivity index (χ1v) is 6.00. The van der Waals surface area contributed by atoms with Crippen LogP contribution in [0.2, 0.25) is 0 Å². The SMILES string of the molecule is CC[C@H](O)c1ccc(N2CCNC(=O)C2)cc1. The minimum atomic E-state index is -0.395. The van der Waals surface area contributed by atoms with E-state index in [2.05, 4.69) is 5.32 Å². The van der Waals surface area contributed by atoms with Crippen molar-refractivity contribution in [1.29, 1.82) is 0 Å².